The van der Waals surface area contributed by atoms with E-state index in [1.807, 2.05) is 0 Å². The standard InChI is InChI=1S/CH3N2S2/c4-2-1-3-5/h1H,(H2-,2,3,4,5)/q-1. The second kappa shape index (κ2) is 4.17. The molecule has 0 bridgehead atoms. The first kappa shape index (κ1) is 5.17. The monoisotopic (exact) mass is 107 g/mol. The highest BCUT2D eigenvalue weighted by molar-refractivity contribution is 7.79. The van der Waals surface area contributed by atoms with E-state index in [-0.39, 0.29) is 0 Å². The molecule has 4 heteroatoms. The van der Waals surface area contributed by atoms with E-state index in [4.69, 9.17) is 0 Å². The third kappa shape index (κ3) is 4.17. The highest BCUT2D eigenvalue weighted by atomic mass is 32.1. The molecule has 0 heterocycles. The van der Waals surface area contributed by atoms with Crippen molar-refractivity contribution in [1.82, 2.24) is 4.72 Å². The predicted molar refractivity (Wildman–Crippen MR) is 28.0 cm³/mol. The Labute approximate surface area is 41.8 Å². The zero-order valence-electron chi connectivity index (χ0n) is 2.38. The van der Waals surface area contributed by atoms with Gasteiger partial charge in [-0.05, 0) is 12.8 Å². The lowest BCUT2D eigenvalue weighted by molar-refractivity contribution is 1.62. The molecule has 0 aliphatic carbocycles. The molecule has 0 aliphatic heterocycles. The Morgan fingerprint density at radius 1 is 2.00 bits per heavy atom. The minimum Gasteiger partial charge on any atom is -0.669 e. The minimum absolute atomic E-state index is 1.30. The molecule has 0 atom stereocenters. The lowest BCUT2D eigenvalue weighted by Gasteiger charge is -1.93. The number of hydrogen-bond acceptors (Lipinski definition) is 3. The Morgan fingerprint density at radius 3 is 2.60 bits per heavy atom. The lowest BCUT2D eigenvalue weighted by Crippen LogP contribution is -1.95. The highest BCUT2D eigenvalue weighted by Crippen LogP contribution is 1.61. The fraction of sp³-hybridized carbons (Fsp3) is 0. The number of nitrogens with one attached hydrogen (secondary N) is 1. The molecule has 0 spiro atoms. The van der Waals surface area contributed by atoms with Crippen LogP contribution in [-0.2, 0) is 12.8 Å². The quantitative estimate of drug-likeness (QED) is 0.212. The minimum atomic E-state index is 1.30. The van der Waals surface area contributed by atoms with E-state index < -0.39 is 0 Å². The number of hydrogen-bond donors (Lipinski definition) is 2. The summed E-state index contributed by atoms with van der Waals surface area (Å²) in [5.74, 6) is 0. The molecule has 0 saturated carbocycles. The molecule has 0 aromatic carbocycles. The molecule has 1 N–H and O–H groups in total. The van der Waals surface area contributed by atoms with Gasteiger partial charge in [-0.15, -0.1) is 0 Å². The van der Waals surface area contributed by atoms with Gasteiger partial charge in [0.25, 0.3) is 0 Å². The normalized spacial score (nSPS) is 9.20. The van der Waals surface area contributed by atoms with Crippen molar-refractivity contribution in [2.45, 2.75) is 0 Å². The first-order valence-corrected chi connectivity index (χ1v) is 1.76. The van der Waals surface area contributed by atoms with Crippen LogP contribution in [-0.4, -0.2) is 6.34 Å². The van der Waals surface area contributed by atoms with E-state index in [1.54, 1.807) is 0 Å². The molecule has 0 aliphatic rings. The molecule has 5 heavy (non-hydrogen) atoms. The van der Waals surface area contributed by atoms with Gasteiger partial charge in [0.1, 0.15) is 0 Å². The van der Waals surface area contributed by atoms with Crippen molar-refractivity contribution < 1.29 is 0 Å². The molecule has 0 aromatic heterocycles. The van der Waals surface area contributed by atoms with E-state index in [0.29, 0.717) is 0 Å². The van der Waals surface area contributed by atoms with Crippen molar-refractivity contribution in [3.63, 3.8) is 0 Å². The van der Waals surface area contributed by atoms with E-state index in [0.717, 1.165) is 0 Å². The van der Waals surface area contributed by atoms with E-state index in [2.05, 4.69) is 34.7 Å². The summed E-state index contributed by atoms with van der Waals surface area (Å²) in [5.41, 5.74) is 0. The molecule has 0 amide bonds. The van der Waals surface area contributed by atoms with E-state index in [9.17, 15) is 0 Å². The van der Waals surface area contributed by atoms with Crippen LogP contribution in [0.2, 0.25) is 0 Å². The van der Waals surface area contributed by atoms with Gasteiger partial charge in [0.2, 0.25) is 0 Å². The van der Waals surface area contributed by atoms with Gasteiger partial charge in [-0.25, -0.2) is 4.40 Å². The molecular weight excluding hydrogens is 104 g/mol. The van der Waals surface area contributed by atoms with Crippen LogP contribution in [0.3, 0.4) is 0 Å². The van der Waals surface area contributed by atoms with E-state index >= 15 is 0 Å². The van der Waals surface area contributed by atoms with Crippen LogP contribution >= 0.6 is 12.8 Å². The molecule has 0 fully saturated rings. The maximum absolute atomic E-state index is 4.20. The Kier molecular flexibility index (Phi) is 4.31. The maximum Gasteiger partial charge on any atom is 0.0739 e. The average Bonchev–Trinajstić information content (AvgIpc) is 1.41. The smallest absolute Gasteiger partial charge is 0.0739 e. The molecule has 0 aromatic rings. The summed E-state index contributed by atoms with van der Waals surface area (Å²) < 4.78 is 5.44. The molecule has 0 unspecified atom stereocenters. The summed E-state index contributed by atoms with van der Waals surface area (Å²) >= 11 is 7.64. The number of rotatable bonds is 1. The third-order valence-corrected chi connectivity index (χ3v) is 0.331. The molecule has 2 nitrogen and oxygen atoms in total. The van der Waals surface area contributed by atoms with Crippen LogP contribution in [0.25, 0.3) is 0 Å². The summed E-state index contributed by atoms with van der Waals surface area (Å²) in [4.78, 5) is 0. The van der Waals surface area contributed by atoms with Gasteiger partial charge >= 0.3 is 0 Å². The van der Waals surface area contributed by atoms with Gasteiger partial charge in [0.05, 0.1) is 6.34 Å². The fourth-order valence-corrected chi connectivity index (χ4v) is 0.212. The van der Waals surface area contributed by atoms with E-state index in [1.165, 1.54) is 6.34 Å². The number of nitrogens with zero attached hydrogens (tertiary/aromatic N) is 1. The number of thiol groups is 1. The Hall–Kier alpha value is 0.170. The largest absolute Gasteiger partial charge is 0.669 e. The van der Waals surface area contributed by atoms with Crippen LogP contribution in [0, 0.1) is 0 Å². The summed E-state index contributed by atoms with van der Waals surface area (Å²) in [7, 11) is 0. The van der Waals surface area contributed by atoms with Gasteiger partial charge in [-0.1, -0.05) is 0 Å². The second-order valence-corrected chi connectivity index (χ2v) is 0.829. The van der Waals surface area contributed by atoms with Crippen molar-refractivity contribution in [1.29, 1.82) is 0 Å². The lowest BCUT2D eigenvalue weighted by atomic mass is 11.4. The average molecular weight is 107 g/mol. The van der Waals surface area contributed by atoms with Crippen molar-refractivity contribution >= 4 is 32.0 Å². The third-order valence-electron chi connectivity index (χ3n) is 0.110. The SMILES string of the molecule is [S-]NC=NS. The topological polar surface area (TPSA) is 24.4 Å². The van der Waals surface area contributed by atoms with Crippen molar-refractivity contribution in [3.8, 4) is 0 Å². The van der Waals surface area contributed by atoms with Crippen LogP contribution in [0.1, 0.15) is 0 Å². The molecular formula is CH3N2S2-. The second-order valence-electron chi connectivity index (χ2n) is 0.362. The predicted octanol–water partition coefficient (Wildman–Crippen LogP) is -0.0890. The molecule has 0 rings (SSSR count). The highest BCUT2D eigenvalue weighted by Gasteiger charge is 1.37. The van der Waals surface area contributed by atoms with Gasteiger partial charge in [-0.2, -0.15) is 0 Å². The van der Waals surface area contributed by atoms with Gasteiger partial charge in [0.15, 0.2) is 0 Å². The van der Waals surface area contributed by atoms with Crippen molar-refractivity contribution in [2.24, 2.45) is 4.40 Å². The Balaban J connectivity index is 2.62. The summed E-state index contributed by atoms with van der Waals surface area (Å²) in [6.45, 7) is 0. The molecule has 0 saturated heterocycles. The first-order chi connectivity index (χ1) is 2.41. The van der Waals surface area contributed by atoms with Gasteiger partial charge in [0, 0.05) is 0 Å². The summed E-state index contributed by atoms with van der Waals surface area (Å²) in [5, 5.41) is 0. The maximum atomic E-state index is 4.20. The fourth-order valence-electron chi connectivity index (χ4n) is 0.0236. The first-order valence-electron chi connectivity index (χ1n) is 0.951. The Morgan fingerprint density at radius 2 is 2.60 bits per heavy atom. The zero-order chi connectivity index (χ0) is 4.12. The van der Waals surface area contributed by atoms with Crippen LogP contribution in [0.5, 0.6) is 0 Å². The van der Waals surface area contributed by atoms with Crippen LogP contribution in [0.15, 0.2) is 4.40 Å². The van der Waals surface area contributed by atoms with Gasteiger partial charge < -0.3 is 17.5 Å². The molecule has 0 radical (unpaired) electrons. The van der Waals surface area contributed by atoms with Crippen molar-refractivity contribution in [2.75, 3.05) is 0 Å². The summed E-state index contributed by atoms with van der Waals surface area (Å²) in [6.07, 6.45) is 1.30. The van der Waals surface area contributed by atoms with Crippen LogP contribution in [0.4, 0.5) is 0 Å². The molecule has 30 valence electrons. The zero-order valence-corrected chi connectivity index (χ0v) is 4.09. The van der Waals surface area contributed by atoms with Crippen LogP contribution < -0.4 is 4.72 Å². The Bertz CT molecular complexity index is 34.6. The summed E-state index contributed by atoms with van der Waals surface area (Å²) in [6, 6.07) is 0. The van der Waals surface area contributed by atoms with Gasteiger partial charge in [-0.3, -0.25) is 0 Å². The van der Waals surface area contributed by atoms with Crippen molar-refractivity contribution in [3.05, 3.63) is 0 Å².